The molecule has 12 aromatic rings. The van der Waals surface area contributed by atoms with Gasteiger partial charge in [-0.05, 0) is 217 Å². The van der Waals surface area contributed by atoms with Crippen molar-refractivity contribution in [3.05, 3.63) is 285 Å². The first-order valence-corrected chi connectivity index (χ1v) is 38.9. The van der Waals surface area contributed by atoms with E-state index in [4.69, 9.17) is 0 Å². The fraction of sp³-hybridized carbons (Fsp3) is 0.394. The van der Waals surface area contributed by atoms with Crippen LogP contribution in [0.1, 0.15) is 254 Å². The van der Waals surface area contributed by atoms with Crippen molar-refractivity contribution in [3.8, 4) is 0 Å². The fourth-order valence-electron chi connectivity index (χ4n) is 16.9. The molecule has 12 aromatic carbocycles. The quantitative estimate of drug-likeness (QED) is 0.114. The Morgan fingerprint density at radius 3 is 0.369 bits per heavy atom. The Bertz CT molecular complexity index is 4400. The van der Waals surface area contributed by atoms with E-state index in [-0.39, 0.29) is 0 Å². The SMILES string of the molecule is CC(C)(C)c1cc2ccccc2cc1C(OP(OC(c1cc2ccccc2cc1C(C)(C)C)(c1cc2ccccc2cc1C(C)(C)C)C(C)(C)C)OC(c1cc2ccccc2cc1C(C)(C)C)(c1cc2ccccc2cc1C(C)(C)C)C(C)(C)C)(c1cc2ccccc2cc1C(C)(C)C)C(C)(C)C. The van der Waals surface area contributed by atoms with E-state index in [1.807, 2.05) is 0 Å². The van der Waals surface area contributed by atoms with Gasteiger partial charge in [0.15, 0.2) is 0 Å². The Hall–Kier alpha value is -7.49. The van der Waals surface area contributed by atoms with Crippen molar-refractivity contribution in [3.63, 3.8) is 0 Å². The number of hydrogen-bond donors (Lipinski definition) is 0. The molecule has 0 heterocycles. The van der Waals surface area contributed by atoms with E-state index in [1.165, 1.54) is 65.7 Å². The summed E-state index contributed by atoms with van der Waals surface area (Å²) < 4.78 is 28.8. The molecule has 103 heavy (non-hydrogen) atoms. The second-order valence-corrected chi connectivity index (χ2v) is 40.3. The molecule has 0 N–H and O–H groups in total. The summed E-state index contributed by atoms with van der Waals surface area (Å²) in [6.45, 7) is 64.6. The lowest BCUT2D eigenvalue weighted by Gasteiger charge is -2.55. The summed E-state index contributed by atoms with van der Waals surface area (Å²) in [7, 11) is -2.81. The van der Waals surface area contributed by atoms with Crippen LogP contribution in [0, 0.1) is 16.2 Å². The Morgan fingerprint density at radius 2 is 0.272 bits per heavy atom. The van der Waals surface area contributed by atoms with Crippen LogP contribution >= 0.6 is 8.60 Å². The molecule has 0 aliphatic rings. The Morgan fingerprint density at radius 1 is 0.165 bits per heavy atom. The molecular formula is C99H117O3P. The number of rotatable bonds is 12. The van der Waals surface area contributed by atoms with E-state index in [2.05, 4.69) is 405 Å². The highest BCUT2D eigenvalue weighted by Gasteiger charge is 2.61. The lowest BCUT2D eigenvalue weighted by Crippen LogP contribution is -2.51. The van der Waals surface area contributed by atoms with Crippen molar-refractivity contribution in [1.82, 2.24) is 0 Å². The van der Waals surface area contributed by atoms with E-state index < -0.39 is 74.1 Å². The van der Waals surface area contributed by atoms with Crippen LogP contribution in [0.4, 0.5) is 0 Å². The van der Waals surface area contributed by atoms with E-state index in [1.54, 1.807) is 0 Å². The minimum Gasteiger partial charge on any atom is -0.295 e. The molecule has 536 valence electrons. The molecule has 3 nitrogen and oxygen atoms in total. The van der Waals surface area contributed by atoms with E-state index in [9.17, 15) is 13.6 Å². The molecule has 0 aromatic heterocycles. The first-order valence-electron chi connectivity index (χ1n) is 37.8. The van der Waals surface area contributed by atoms with Crippen LogP contribution in [0.2, 0.25) is 0 Å². The molecule has 0 atom stereocenters. The molecule has 0 saturated heterocycles. The molecule has 0 aliphatic heterocycles. The molecule has 0 aliphatic carbocycles. The highest BCUT2D eigenvalue weighted by molar-refractivity contribution is 7.41. The van der Waals surface area contributed by atoms with Gasteiger partial charge in [0, 0.05) is 0 Å². The van der Waals surface area contributed by atoms with Crippen LogP contribution in [-0.2, 0) is 62.9 Å². The molecule has 0 saturated carbocycles. The lowest BCUT2D eigenvalue weighted by molar-refractivity contribution is -0.0989. The Kier molecular flexibility index (Phi) is 18.9. The van der Waals surface area contributed by atoms with Crippen LogP contribution in [0.3, 0.4) is 0 Å². The summed E-state index contributed by atoms with van der Waals surface area (Å²) in [6.07, 6.45) is 0. The van der Waals surface area contributed by atoms with Crippen molar-refractivity contribution in [1.29, 1.82) is 0 Å². The van der Waals surface area contributed by atoms with Crippen molar-refractivity contribution < 1.29 is 13.6 Å². The standard InChI is InChI=1S/C99H117O3P/c1-88(2,3)76-52-64-40-28-34-46-70(64)58-82(76)97(94(19,20)21,83-59-71-47-35-29-41-65(71)53-77(83)89(4,5)6)100-103(101-98(95(22,23)24,84-60-72-48-36-30-42-66(72)54-78(84)90(7,8)9)85-61-73-49-37-31-43-67(73)55-79(85)91(10,11)12)102-99(96(25,26)27,86-62-74-50-38-32-44-68(74)56-80(86)92(13,14)15)87-63-75-51-39-33-45-69(75)57-81(87)93(16,17)18/h28-63H,1-27H3. The maximum Gasteiger partial charge on any atom is 0.336 e. The van der Waals surface area contributed by atoms with E-state index >= 15 is 0 Å². The van der Waals surface area contributed by atoms with Crippen LogP contribution in [0.25, 0.3) is 64.6 Å². The van der Waals surface area contributed by atoms with Gasteiger partial charge >= 0.3 is 8.60 Å². The van der Waals surface area contributed by atoms with Gasteiger partial charge in [0.1, 0.15) is 16.8 Å². The molecule has 0 spiro atoms. The summed E-state index contributed by atoms with van der Waals surface area (Å²) >= 11 is 0. The third-order valence-electron chi connectivity index (χ3n) is 22.2. The average Bonchev–Trinajstić information content (AvgIpc) is 0.708. The van der Waals surface area contributed by atoms with Crippen molar-refractivity contribution in [2.75, 3.05) is 0 Å². The van der Waals surface area contributed by atoms with Crippen LogP contribution in [0.15, 0.2) is 218 Å². The maximum atomic E-state index is 9.60. The fourth-order valence-corrected chi connectivity index (χ4v) is 19.1. The summed E-state index contributed by atoms with van der Waals surface area (Å²) in [4.78, 5) is 0. The maximum absolute atomic E-state index is 9.60. The smallest absolute Gasteiger partial charge is 0.295 e. The van der Waals surface area contributed by atoms with Crippen LogP contribution < -0.4 is 0 Å². The van der Waals surface area contributed by atoms with Crippen LogP contribution in [-0.4, -0.2) is 0 Å². The highest BCUT2D eigenvalue weighted by atomic mass is 31.2. The summed E-state index contributed by atoms with van der Waals surface area (Å²) in [5.41, 5.74) is 4.68. The number of hydrogen-bond acceptors (Lipinski definition) is 3. The molecule has 12 rings (SSSR count). The predicted octanol–water partition coefficient (Wildman–Crippen LogP) is 28.9. The molecule has 0 unspecified atom stereocenters. The Labute approximate surface area is 620 Å². The van der Waals surface area contributed by atoms with Gasteiger partial charge in [0.05, 0.1) is 0 Å². The topological polar surface area (TPSA) is 27.7 Å². The monoisotopic (exact) mass is 1380 g/mol. The molecule has 0 bridgehead atoms. The summed E-state index contributed by atoms with van der Waals surface area (Å²) in [5, 5.41) is 13.9. The van der Waals surface area contributed by atoms with Gasteiger partial charge in [-0.15, -0.1) is 0 Å². The van der Waals surface area contributed by atoms with Gasteiger partial charge in [-0.3, -0.25) is 13.6 Å². The van der Waals surface area contributed by atoms with E-state index in [0.29, 0.717) is 0 Å². The highest BCUT2D eigenvalue weighted by Crippen LogP contribution is 2.70. The van der Waals surface area contributed by atoms with Gasteiger partial charge in [0.25, 0.3) is 0 Å². The molecule has 0 radical (unpaired) electrons. The summed E-state index contributed by atoms with van der Waals surface area (Å²) in [5.74, 6) is 0. The zero-order chi connectivity index (χ0) is 75.0. The molecule has 4 heteroatoms. The zero-order valence-electron chi connectivity index (χ0n) is 67.5. The number of benzene rings is 12. The predicted molar refractivity (Wildman–Crippen MR) is 447 cm³/mol. The van der Waals surface area contributed by atoms with E-state index in [0.717, 1.165) is 65.7 Å². The second kappa shape index (κ2) is 25.9. The largest absolute Gasteiger partial charge is 0.336 e. The first kappa shape index (κ1) is 75.2. The third-order valence-corrected chi connectivity index (χ3v) is 23.5. The van der Waals surface area contributed by atoms with Gasteiger partial charge < -0.3 is 0 Å². The Balaban J connectivity index is 1.40. The average molecular weight is 1390 g/mol. The van der Waals surface area contributed by atoms with Crippen molar-refractivity contribution in [2.45, 2.75) is 236 Å². The van der Waals surface area contributed by atoms with Gasteiger partial charge in [0.2, 0.25) is 0 Å². The first-order chi connectivity index (χ1) is 47.7. The van der Waals surface area contributed by atoms with Crippen LogP contribution in [0.5, 0.6) is 0 Å². The number of fused-ring (bicyclic) bond motifs is 6. The van der Waals surface area contributed by atoms with Gasteiger partial charge in [-0.1, -0.05) is 369 Å². The summed E-state index contributed by atoms with van der Waals surface area (Å²) in [6, 6.07) is 83.4. The van der Waals surface area contributed by atoms with Gasteiger partial charge in [-0.25, -0.2) is 0 Å². The normalized spacial score (nSPS) is 14.0. The third kappa shape index (κ3) is 13.5. The van der Waals surface area contributed by atoms with Crippen molar-refractivity contribution >= 4 is 73.2 Å². The zero-order valence-corrected chi connectivity index (χ0v) is 68.4. The lowest BCUT2D eigenvalue weighted by atomic mass is 9.62. The second-order valence-electron chi connectivity index (χ2n) is 39.3. The minimum atomic E-state index is -2.81. The van der Waals surface area contributed by atoms with Crippen molar-refractivity contribution in [2.24, 2.45) is 16.2 Å². The minimum absolute atomic E-state index is 0.411. The van der Waals surface area contributed by atoms with Gasteiger partial charge in [-0.2, -0.15) is 0 Å². The molecule has 0 amide bonds. The molecule has 0 fully saturated rings. The molecular weight excluding hydrogens is 1270 g/mol.